The molecule has 0 radical (unpaired) electrons. The van der Waals surface area contributed by atoms with Crippen molar-refractivity contribution in [3.63, 3.8) is 0 Å². The van der Waals surface area contributed by atoms with Gasteiger partial charge < -0.3 is 10.2 Å². The molecule has 2 heterocycles. The first-order chi connectivity index (χ1) is 16.6. The van der Waals surface area contributed by atoms with Crippen LogP contribution in [0, 0.1) is 5.41 Å². The molecule has 1 fully saturated rings. The zero-order valence-electron chi connectivity index (χ0n) is 22.2. The molecule has 0 bridgehead atoms. The van der Waals surface area contributed by atoms with Crippen LogP contribution in [0.2, 0.25) is 0 Å². The lowest BCUT2D eigenvalue weighted by molar-refractivity contribution is -0.122. The van der Waals surface area contributed by atoms with Gasteiger partial charge in [-0.1, -0.05) is 84.0 Å². The van der Waals surface area contributed by atoms with E-state index in [2.05, 4.69) is 22.3 Å². The van der Waals surface area contributed by atoms with Crippen LogP contribution in [-0.4, -0.2) is 42.9 Å². The van der Waals surface area contributed by atoms with Crippen molar-refractivity contribution in [2.45, 2.75) is 53.0 Å². The molecule has 2 aliphatic rings. The summed E-state index contributed by atoms with van der Waals surface area (Å²) in [5.41, 5.74) is 3.13. The fourth-order valence-corrected chi connectivity index (χ4v) is 5.19. The van der Waals surface area contributed by atoms with Crippen molar-refractivity contribution >= 4 is 40.3 Å². The second-order valence-electron chi connectivity index (χ2n) is 6.38. The SMILES string of the molecule is CC.CC.CC.CN1/C(=C2/SC(=N)N(Cc3ccccc3)C2=O)CSc2ccccc21.CNC. The van der Waals surface area contributed by atoms with Crippen molar-refractivity contribution in [2.75, 3.05) is 31.8 Å². The lowest BCUT2D eigenvalue weighted by atomic mass is 10.2. The number of rotatable bonds is 2. The van der Waals surface area contributed by atoms with Gasteiger partial charge in [0.25, 0.3) is 5.91 Å². The highest BCUT2D eigenvalue weighted by Crippen LogP contribution is 2.43. The normalized spacial score (nSPS) is 15.9. The summed E-state index contributed by atoms with van der Waals surface area (Å²) in [5.74, 6) is 0.675. The fourth-order valence-electron chi connectivity index (χ4n) is 2.96. The summed E-state index contributed by atoms with van der Waals surface area (Å²) >= 11 is 3.01. The summed E-state index contributed by atoms with van der Waals surface area (Å²) < 4.78 is 0. The van der Waals surface area contributed by atoms with Crippen LogP contribution >= 0.6 is 23.5 Å². The Kier molecular flexibility index (Phi) is 17.0. The molecular weight excluding hydrogens is 460 g/mol. The fraction of sp³-hybridized carbons (Fsp3) is 0.407. The average Bonchev–Trinajstić information content (AvgIpc) is 3.17. The van der Waals surface area contributed by atoms with Gasteiger partial charge in [-0.2, -0.15) is 0 Å². The van der Waals surface area contributed by atoms with E-state index in [1.807, 2.05) is 105 Å². The molecule has 2 aromatic carbocycles. The van der Waals surface area contributed by atoms with Crippen molar-refractivity contribution in [1.29, 1.82) is 5.41 Å². The molecule has 1 amide bonds. The Bertz CT molecular complexity index is 901. The Morgan fingerprint density at radius 3 is 2.03 bits per heavy atom. The number of para-hydroxylation sites is 1. The second kappa shape index (κ2) is 18.2. The Hall–Kier alpha value is -2.22. The van der Waals surface area contributed by atoms with Gasteiger partial charge in [0, 0.05) is 23.4 Å². The van der Waals surface area contributed by atoms with Gasteiger partial charge in [-0.05, 0) is 43.6 Å². The van der Waals surface area contributed by atoms with Crippen LogP contribution in [0.5, 0.6) is 0 Å². The zero-order valence-corrected chi connectivity index (χ0v) is 23.9. The van der Waals surface area contributed by atoms with Gasteiger partial charge in [0.05, 0.1) is 12.2 Å². The summed E-state index contributed by atoms with van der Waals surface area (Å²) in [6, 6.07) is 18.0. The lowest BCUT2D eigenvalue weighted by Crippen LogP contribution is -2.30. The number of thioether (sulfide) groups is 2. The van der Waals surface area contributed by atoms with Crippen LogP contribution in [0.15, 0.2) is 70.1 Å². The quantitative estimate of drug-likeness (QED) is 0.430. The molecule has 5 nitrogen and oxygen atoms in total. The van der Waals surface area contributed by atoms with E-state index in [9.17, 15) is 4.79 Å². The van der Waals surface area contributed by atoms with Gasteiger partial charge in [0.2, 0.25) is 0 Å². The first-order valence-electron chi connectivity index (χ1n) is 12.0. The third-order valence-electron chi connectivity index (χ3n) is 4.32. The standard InChI is InChI=1S/C19H17N3OS2.C2H7N.3C2H6/c1-21-14-9-5-6-10-16(14)24-12-15(21)17-18(23)22(19(20)25-17)11-13-7-3-2-4-8-13;1-3-2;3*1-2/h2-10,20H,11-12H2,1H3;3H,1-2H3;3*1-2H3/b17-15+,20-19?;;;;. The number of hydrogen-bond donors (Lipinski definition) is 2. The van der Waals surface area contributed by atoms with Crippen LogP contribution < -0.4 is 10.2 Å². The highest BCUT2D eigenvalue weighted by molar-refractivity contribution is 8.18. The monoisotopic (exact) mass is 502 g/mol. The predicted octanol–water partition coefficient (Wildman–Crippen LogP) is 7.06. The zero-order chi connectivity index (χ0) is 26.1. The molecular formula is C27H42N4OS2. The maximum absolute atomic E-state index is 12.9. The van der Waals surface area contributed by atoms with E-state index < -0.39 is 0 Å². The van der Waals surface area contributed by atoms with Gasteiger partial charge in [-0.25, -0.2) is 0 Å². The number of amidine groups is 1. The molecule has 188 valence electrons. The number of nitrogens with one attached hydrogen (secondary N) is 2. The Morgan fingerprint density at radius 2 is 1.44 bits per heavy atom. The molecule has 0 unspecified atom stereocenters. The molecule has 1 saturated heterocycles. The third-order valence-corrected chi connectivity index (χ3v) is 6.43. The second-order valence-corrected chi connectivity index (χ2v) is 8.39. The molecule has 7 heteroatoms. The van der Waals surface area contributed by atoms with Crippen molar-refractivity contribution in [3.05, 3.63) is 70.8 Å². The predicted molar refractivity (Wildman–Crippen MR) is 154 cm³/mol. The highest BCUT2D eigenvalue weighted by Gasteiger charge is 2.36. The number of fused-ring (bicyclic) bond motifs is 1. The Labute approximate surface area is 215 Å². The maximum Gasteiger partial charge on any atom is 0.268 e. The Balaban J connectivity index is 0.00000108. The minimum absolute atomic E-state index is 0.0688. The number of carbonyl (C=O) groups excluding carboxylic acids is 1. The number of hydrogen-bond acceptors (Lipinski definition) is 6. The molecule has 0 aromatic heterocycles. The first kappa shape index (κ1) is 31.8. The van der Waals surface area contributed by atoms with E-state index >= 15 is 0 Å². The molecule has 34 heavy (non-hydrogen) atoms. The Morgan fingerprint density at radius 1 is 0.912 bits per heavy atom. The minimum atomic E-state index is -0.0688. The van der Waals surface area contributed by atoms with E-state index in [0.717, 1.165) is 22.7 Å². The van der Waals surface area contributed by atoms with Crippen molar-refractivity contribution in [1.82, 2.24) is 10.2 Å². The summed E-state index contributed by atoms with van der Waals surface area (Å²) in [6.07, 6.45) is 0. The lowest BCUT2D eigenvalue weighted by Gasteiger charge is -2.30. The number of anilines is 1. The van der Waals surface area contributed by atoms with Crippen molar-refractivity contribution < 1.29 is 4.79 Å². The topological polar surface area (TPSA) is 59.4 Å². The third kappa shape index (κ3) is 8.53. The van der Waals surface area contributed by atoms with E-state index in [1.165, 1.54) is 16.7 Å². The molecule has 2 aliphatic heterocycles. The van der Waals surface area contributed by atoms with Crippen LogP contribution in [0.1, 0.15) is 47.1 Å². The van der Waals surface area contributed by atoms with Gasteiger partial charge in [-0.3, -0.25) is 15.1 Å². The summed E-state index contributed by atoms with van der Waals surface area (Å²) in [6.45, 7) is 12.4. The van der Waals surface area contributed by atoms with Crippen LogP contribution in [0.4, 0.5) is 5.69 Å². The van der Waals surface area contributed by atoms with Crippen LogP contribution in [-0.2, 0) is 11.3 Å². The summed E-state index contributed by atoms with van der Waals surface area (Å²) in [5, 5.41) is 11.3. The summed E-state index contributed by atoms with van der Waals surface area (Å²) in [4.78, 5) is 18.5. The number of benzene rings is 2. The van der Waals surface area contributed by atoms with Crippen LogP contribution in [0.25, 0.3) is 0 Å². The van der Waals surface area contributed by atoms with Crippen molar-refractivity contribution in [2.24, 2.45) is 0 Å². The van der Waals surface area contributed by atoms with Crippen molar-refractivity contribution in [3.8, 4) is 0 Å². The van der Waals surface area contributed by atoms with Gasteiger partial charge >= 0.3 is 0 Å². The molecule has 0 spiro atoms. The number of nitrogens with zero attached hydrogens (tertiary/aromatic N) is 2. The molecule has 0 saturated carbocycles. The number of carbonyl (C=O) groups is 1. The van der Waals surface area contributed by atoms with E-state index in [1.54, 1.807) is 16.7 Å². The summed E-state index contributed by atoms with van der Waals surface area (Å²) in [7, 11) is 5.75. The van der Waals surface area contributed by atoms with Gasteiger partial charge in [0.1, 0.15) is 4.91 Å². The van der Waals surface area contributed by atoms with E-state index in [-0.39, 0.29) is 5.91 Å². The average molecular weight is 503 g/mol. The van der Waals surface area contributed by atoms with Gasteiger partial charge in [0.15, 0.2) is 5.17 Å². The molecule has 0 aliphatic carbocycles. The van der Waals surface area contributed by atoms with Crippen LogP contribution in [0.3, 0.4) is 0 Å². The maximum atomic E-state index is 12.9. The molecule has 2 aromatic rings. The van der Waals surface area contributed by atoms with E-state index in [0.29, 0.717) is 16.6 Å². The first-order valence-corrected chi connectivity index (χ1v) is 13.8. The smallest absolute Gasteiger partial charge is 0.268 e. The highest BCUT2D eigenvalue weighted by atomic mass is 32.2. The molecule has 4 rings (SSSR count). The van der Waals surface area contributed by atoms with E-state index in [4.69, 9.17) is 5.41 Å². The largest absolute Gasteiger partial charge is 0.345 e. The molecule has 2 N–H and O–H groups in total. The number of amides is 1. The molecule has 0 atom stereocenters. The minimum Gasteiger partial charge on any atom is -0.345 e. The van der Waals surface area contributed by atoms with Gasteiger partial charge in [-0.15, -0.1) is 11.8 Å².